The fourth-order valence-corrected chi connectivity index (χ4v) is 4.07. The van der Waals surface area contributed by atoms with Crippen molar-refractivity contribution >= 4 is 11.0 Å². The van der Waals surface area contributed by atoms with Crippen LogP contribution in [-0.2, 0) is 0 Å². The lowest BCUT2D eigenvalue weighted by Gasteiger charge is -2.33. The summed E-state index contributed by atoms with van der Waals surface area (Å²) in [5.74, 6) is 0.405. The highest BCUT2D eigenvalue weighted by atomic mass is 16.3. The molecule has 0 saturated carbocycles. The second-order valence-corrected chi connectivity index (χ2v) is 7.07. The van der Waals surface area contributed by atoms with E-state index in [9.17, 15) is 0 Å². The first-order valence-electron chi connectivity index (χ1n) is 9.39. The van der Waals surface area contributed by atoms with Gasteiger partial charge >= 0.3 is 0 Å². The fraction of sp³-hybridized carbons (Fsp3) is 0.227. The van der Waals surface area contributed by atoms with Crippen LogP contribution in [-0.4, -0.2) is 22.0 Å². The number of aromatic nitrogens is 3. The van der Waals surface area contributed by atoms with Crippen LogP contribution < -0.4 is 5.32 Å². The molecule has 2 aromatic heterocycles. The van der Waals surface area contributed by atoms with Crippen LogP contribution in [0.1, 0.15) is 30.0 Å². The molecule has 2 atom stereocenters. The number of benzene rings is 2. The maximum Gasteiger partial charge on any atom is 0.137 e. The van der Waals surface area contributed by atoms with E-state index in [1.54, 1.807) is 12.5 Å². The van der Waals surface area contributed by atoms with Crippen molar-refractivity contribution in [2.45, 2.75) is 18.9 Å². The van der Waals surface area contributed by atoms with Gasteiger partial charge in [-0.25, -0.2) is 0 Å². The van der Waals surface area contributed by atoms with Gasteiger partial charge in [0.05, 0.1) is 12.5 Å². The van der Waals surface area contributed by atoms with E-state index in [0.717, 1.165) is 40.8 Å². The summed E-state index contributed by atoms with van der Waals surface area (Å²) in [5.41, 5.74) is 5.27. The first kappa shape index (κ1) is 16.3. The molecule has 5 rings (SSSR count). The van der Waals surface area contributed by atoms with Crippen molar-refractivity contribution in [3.8, 4) is 11.3 Å². The lowest BCUT2D eigenvalue weighted by molar-refractivity contribution is 0.321. The molecule has 1 saturated heterocycles. The monoisotopic (exact) mass is 357 g/mol. The van der Waals surface area contributed by atoms with E-state index in [4.69, 9.17) is 4.42 Å². The van der Waals surface area contributed by atoms with Crippen molar-refractivity contribution in [3.63, 3.8) is 0 Å². The van der Waals surface area contributed by atoms with Crippen molar-refractivity contribution < 1.29 is 4.42 Å². The standard InChI is InChI=1S/C22H21N4O/c1-2-5-15(6-3-1)21-16(7-4-9-23-21)11-19-13-18(20-14-24-26-25-20)12-17-8-10-27-22(17)19/h1-3,5-6,8,10-14,16,21,23H,4,7,9H2,(H,24,25,26)/t16-,21-/m1/s1. The zero-order valence-corrected chi connectivity index (χ0v) is 14.9. The number of hydrogen-bond donors (Lipinski definition) is 2. The molecule has 0 bridgehead atoms. The molecule has 1 aliphatic heterocycles. The van der Waals surface area contributed by atoms with Crippen LogP contribution in [0.3, 0.4) is 0 Å². The first-order valence-corrected chi connectivity index (χ1v) is 9.39. The van der Waals surface area contributed by atoms with Gasteiger partial charge in [0.25, 0.3) is 0 Å². The lowest BCUT2D eigenvalue weighted by atomic mass is 9.81. The van der Waals surface area contributed by atoms with Crippen molar-refractivity contribution in [2.75, 3.05) is 6.54 Å². The van der Waals surface area contributed by atoms with Gasteiger partial charge in [0.2, 0.25) is 0 Å². The van der Waals surface area contributed by atoms with Crippen molar-refractivity contribution in [2.24, 2.45) is 5.92 Å². The molecule has 0 unspecified atom stereocenters. The molecule has 5 heteroatoms. The molecule has 1 fully saturated rings. The van der Waals surface area contributed by atoms with Gasteiger partial charge in [-0.05, 0) is 55.5 Å². The summed E-state index contributed by atoms with van der Waals surface area (Å²) in [6, 6.07) is 17.3. The van der Waals surface area contributed by atoms with Gasteiger partial charge in [-0.2, -0.15) is 15.4 Å². The van der Waals surface area contributed by atoms with Crippen LogP contribution in [0.25, 0.3) is 22.2 Å². The molecule has 0 spiro atoms. The molecule has 0 amide bonds. The van der Waals surface area contributed by atoms with Gasteiger partial charge < -0.3 is 9.73 Å². The number of furan rings is 1. The van der Waals surface area contributed by atoms with Crippen molar-refractivity contribution in [1.82, 2.24) is 20.7 Å². The zero-order chi connectivity index (χ0) is 18.1. The second-order valence-electron chi connectivity index (χ2n) is 7.07. The summed E-state index contributed by atoms with van der Waals surface area (Å²) >= 11 is 0. The minimum absolute atomic E-state index is 0.320. The van der Waals surface area contributed by atoms with Gasteiger partial charge in [-0.1, -0.05) is 30.3 Å². The van der Waals surface area contributed by atoms with Crippen LogP contribution in [0.5, 0.6) is 0 Å². The highest BCUT2D eigenvalue weighted by Gasteiger charge is 2.27. The van der Waals surface area contributed by atoms with Crippen molar-refractivity contribution in [3.05, 3.63) is 78.5 Å². The lowest BCUT2D eigenvalue weighted by Crippen LogP contribution is -2.34. The average Bonchev–Trinajstić information content (AvgIpc) is 3.41. The number of piperidine rings is 1. The Morgan fingerprint density at radius 2 is 2.04 bits per heavy atom. The topological polar surface area (TPSA) is 66.7 Å². The van der Waals surface area contributed by atoms with Crippen LogP contribution in [0.4, 0.5) is 0 Å². The maximum atomic E-state index is 5.81. The zero-order valence-electron chi connectivity index (χ0n) is 14.9. The molecule has 5 nitrogen and oxygen atoms in total. The average molecular weight is 357 g/mol. The quantitative estimate of drug-likeness (QED) is 0.564. The highest BCUT2D eigenvalue weighted by Crippen LogP contribution is 2.36. The van der Waals surface area contributed by atoms with Gasteiger partial charge in [0.15, 0.2) is 0 Å². The summed E-state index contributed by atoms with van der Waals surface area (Å²) in [6.07, 6.45) is 8.19. The molecular weight excluding hydrogens is 336 g/mol. The molecule has 27 heavy (non-hydrogen) atoms. The number of nitrogens with one attached hydrogen (secondary N) is 2. The molecule has 4 aromatic rings. The Morgan fingerprint density at radius 3 is 2.89 bits per heavy atom. The number of rotatable bonds is 4. The largest absolute Gasteiger partial charge is 0.464 e. The van der Waals surface area contributed by atoms with E-state index in [-0.39, 0.29) is 0 Å². The van der Waals surface area contributed by atoms with Gasteiger partial charge in [-0.15, -0.1) is 0 Å². The minimum Gasteiger partial charge on any atom is -0.464 e. The third-order valence-corrected chi connectivity index (χ3v) is 5.35. The molecular formula is C22H21N4O. The normalized spacial score (nSPS) is 20.1. The van der Waals surface area contributed by atoms with E-state index in [0.29, 0.717) is 12.0 Å². The Hall–Kier alpha value is -2.92. The number of H-pyrrole nitrogens is 1. The van der Waals surface area contributed by atoms with Crippen LogP contribution in [0.15, 0.2) is 65.4 Å². The first-order chi connectivity index (χ1) is 13.4. The minimum atomic E-state index is 0.320. The van der Waals surface area contributed by atoms with Crippen LogP contribution >= 0.6 is 0 Å². The highest BCUT2D eigenvalue weighted by molar-refractivity contribution is 5.86. The summed E-state index contributed by atoms with van der Waals surface area (Å²) in [4.78, 5) is 0. The van der Waals surface area contributed by atoms with Gasteiger partial charge in [0, 0.05) is 22.6 Å². The molecule has 1 radical (unpaired) electrons. The Labute approximate surface area is 157 Å². The predicted molar refractivity (Wildman–Crippen MR) is 105 cm³/mol. The van der Waals surface area contributed by atoms with Crippen molar-refractivity contribution in [1.29, 1.82) is 0 Å². The maximum absolute atomic E-state index is 5.81. The van der Waals surface area contributed by atoms with Crippen LogP contribution in [0, 0.1) is 12.3 Å². The van der Waals surface area contributed by atoms with E-state index < -0.39 is 0 Å². The summed E-state index contributed by atoms with van der Waals surface area (Å²) < 4.78 is 5.81. The Morgan fingerprint density at radius 1 is 1.11 bits per heavy atom. The molecule has 2 N–H and O–H groups in total. The summed E-state index contributed by atoms with van der Waals surface area (Å²) in [7, 11) is 0. The van der Waals surface area contributed by atoms with Gasteiger partial charge in [-0.3, -0.25) is 0 Å². The smallest absolute Gasteiger partial charge is 0.137 e. The van der Waals surface area contributed by atoms with E-state index in [2.05, 4.69) is 69.6 Å². The Bertz CT molecular complexity index is 1020. The fourth-order valence-electron chi connectivity index (χ4n) is 4.07. The number of nitrogens with zero attached hydrogens (tertiary/aromatic N) is 2. The Kier molecular flexibility index (Phi) is 4.22. The molecule has 1 aliphatic rings. The molecule has 135 valence electrons. The second kappa shape index (κ2) is 7.00. The SMILES string of the molecule is [CH](c1cc(-c2cn[nH]n2)cc2ccoc12)[C@H]1CCCN[C@@H]1c1ccccc1. The molecule has 2 aromatic carbocycles. The van der Waals surface area contributed by atoms with E-state index in [1.807, 2.05) is 6.07 Å². The third kappa shape index (κ3) is 3.15. The predicted octanol–water partition coefficient (Wildman–Crippen LogP) is 4.51. The number of hydrogen-bond acceptors (Lipinski definition) is 4. The Balaban J connectivity index is 1.52. The van der Waals surface area contributed by atoms with Gasteiger partial charge in [0.1, 0.15) is 11.3 Å². The number of aromatic amines is 1. The third-order valence-electron chi connectivity index (χ3n) is 5.35. The number of fused-ring (bicyclic) bond motifs is 1. The summed E-state index contributed by atoms with van der Waals surface area (Å²) in [6.45, 7) is 1.05. The van der Waals surface area contributed by atoms with E-state index >= 15 is 0 Å². The molecule has 3 heterocycles. The molecule has 0 aliphatic carbocycles. The van der Waals surface area contributed by atoms with Crippen LogP contribution in [0.2, 0.25) is 0 Å². The summed E-state index contributed by atoms with van der Waals surface area (Å²) in [5, 5.41) is 15.7. The van der Waals surface area contributed by atoms with E-state index in [1.165, 1.54) is 12.0 Å².